The van der Waals surface area contributed by atoms with Gasteiger partial charge in [0.05, 0.1) is 0 Å². The van der Waals surface area contributed by atoms with E-state index in [1.165, 1.54) is 0 Å². The molecule has 0 bridgehead atoms. The number of carbonyl (C=O) groups is 2. The van der Waals surface area contributed by atoms with E-state index in [1.807, 2.05) is 92.7 Å². The van der Waals surface area contributed by atoms with E-state index in [2.05, 4.69) is 35.1 Å². The van der Waals surface area contributed by atoms with Crippen LogP contribution in [0, 0.1) is 0 Å². The number of carbonyl (C=O) groups excluding carboxylic acids is 2. The molecular formula is C31H37BrN2O3. The second kappa shape index (κ2) is 14.0. The zero-order valence-corrected chi connectivity index (χ0v) is 23.7. The summed E-state index contributed by atoms with van der Waals surface area (Å²) >= 11 is 3.53. The van der Waals surface area contributed by atoms with Crippen LogP contribution in [0.15, 0.2) is 83.3 Å². The van der Waals surface area contributed by atoms with Crippen LogP contribution in [-0.2, 0) is 22.6 Å². The van der Waals surface area contributed by atoms with Gasteiger partial charge < -0.3 is 15.0 Å². The molecule has 37 heavy (non-hydrogen) atoms. The van der Waals surface area contributed by atoms with Gasteiger partial charge in [-0.2, -0.15) is 0 Å². The summed E-state index contributed by atoms with van der Waals surface area (Å²) in [6, 6.07) is 24.7. The standard InChI is InChI=1S/C31H37BrN2O3/c1-5-23(4)33-31(36)28(19-24-12-7-6-8-13-24)34(20-25-14-11-15-26(32)18-25)30(35)21-37-29-17-10-9-16-27(29)22(2)3/h6-18,22-23,28H,5,19-21H2,1-4H3,(H,33,36). The van der Waals surface area contributed by atoms with Crippen molar-refractivity contribution in [2.24, 2.45) is 0 Å². The van der Waals surface area contributed by atoms with Crippen LogP contribution in [0.5, 0.6) is 5.75 Å². The van der Waals surface area contributed by atoms with Crippen molar-refractivity contribution in [2.45, 2.75) is 65.1 Å². The van der Waals surface area contributed by atoms with Crippen molar-refractivity contribution in [1.29, 1.82) is 0 Å². The first kappa shape index (κ1) is 28.5. The third-order valence-corrected chi connectivity index (χ3v) is 6.90. The first-order chi connectivity index (χ1) is 17.8. The molecule has 0 aliphatic carbocycles. The predicted octanol–water partition coefficient (Wildman–Crippen LogP) is 6.51. The van der Waals surface area contributed by atoms with E-state index in [9.17, 15) is 9.59 Å². The van der Waals surface area contributed by atoms with Crippen molar-refractivity contribution in [1.82, 2.24) is 10.2 Å². The molecule has 196 valence electrons. The summed E-state index contributed by atoms with van der Waals surface area (Å²) < 4.78 is 6.97. The van der Waals surface area contributed by atoms with Gasteiger partial charge in [-0.05, 0) is 54.2 Å². The molecule has 0 aromatic heterocycles. The quantitative estimate of drug-likeness (QED) is 0.273. The number of ether oxygens (including phenoxy) is 1. The van der Waals surface area contributed by atoms with E-state index >= 15 is 0 Å². The number of amides is 2. The Morgan fingerprint density at radius 1 is 0.919 bits per heavy atom. The molecule has 0 heterocycles. The Labute approximate surface area is 229 Å². The van der Waals surface area contributed by atoms with Crippen molar-refractivity contribution >= 4 is 27.7 Å². The van der Waals surface area contributed by atoms with Gasteiger partial charge in [-0.25, -0.2) is 0 Å². The van der Waals surface area contributed by atoms with E-state index < -0.39 is 6.04 Å². The number of halogens is 1. The molecule has 0 aliphatic rings. The molecule has 5 nitrogen and oxygen atoms in total. The van der Waals surface area contributed by atoms with E-state index in [0.717, 1.165) is 27.6 Å². The third-order valence-electron chi connectivity index (χ3n) is 6.41. The lowest BCUT2D eigenvalue weighted by Gasteiger charge is -2.32. The van der Waals surface area contributed by atoms with Crippen molar-refractivity contribution in [2.75, 3.05) is 6.61 Å². The lowest BCUT2D eigenvalue weighted by molar-refractivity contribution is -0.143. The van der Waals surface area contributed by atoms with E-state index in [4.69, 9.17) is 4.74 Å². The number of rotatable bonds is 12. The van der Waals surface area contributed by atoms with Crippen LogP contribution in [0.1, 0.15) is 56.7 Å². The van der Waals surface area contributed by atoms with Gasteiger partial charge in [-0.1, -0.05) is 97.4 Å². The number of nitrogens with zero attached hydrogens (tertiary/aromatic N) is 1. The van der Waals surface area contributed by atoms with Crippen LogP contribution >= 0.6 is 15.9 Å². The van der Waals surface area contributed by atoms with Gasteiger partial charge in [0.15, 0.2) is 6.61 Å². The van der Waals surface area contributed by atoms with Crippen LogP contribution in [-0.4, -0.2) is 35.4 Å². The number of hydrogen-bond acceptors (Lipinski definition) is 3. The molecule has 0 saturated heterocycles. The monoisotopic (exact) mass is 564 g/mol. The highest BCUT2D eigenvalue weighted by atomic mass is 79.9. The van der Waals surface area contributed by atoms with Gasteiger partial charge in [0.25, 0.3) is 5.91 Å². The molecule has 3 aromatic carbocycles. The summed E-state index contributed by atoms with van der Waals surface area (Å²) in [7, 11) is 0. The molecule has 1 N–H and O–H groups in total. The Morgan fingerprint density at radius 2 is 1.59 bits per heavy atom. The average Bonchev–Trinajstić information content (AvgIpc) is 2.89. The second-order valence-electron chi connectivity index (χ2n) is 9.66. The van der Waals surface area contributed by atoms with Gasteiger partial charge >= 0.3 is 0 Å². The summed E-state index contributed by atoms with van der Waals surface area (Å²) in [5, 5.41) is 3.10. The van der Waals surface area contributed by atoms with Crippen molar-refractivity contribution in [3.8, 4) is 5.75 Å². The SMILES string of the molecule is CCC(C)NC(=O)C(Cc1ccccc1)N(Cc1cccc(Br)c1)C(=O)COc1ccccc1C(C)C. The Hall–Kier alpha value is -3.12. The van der Waals surface area contributed by atoms with Gasteiger partial charge in [-0.3, -0.25) is 9.59 Å². The highest BCUT2D eigenvalue weighted by Gasteiger charge is 2.31. The first-order valence-corrected chi connectivity index (χ1v) is 13.7. The Bertz CT molecular complexity index is 1170. The smallest absolute Gasteiger partial charge is 0.261 e. The molecule has 6 heteroatoms. The molecule has 3 aromatic rings. The average molecular weight is 566 g/mol. The summed E-state index contributed by atoms with van der Waals surface area (Å²) in [6.07, 6.45) is 1.21. The molecule has 2 unspecified atom stereocenters. The van der Waals surface area contributed by atoms with Crippen LogP contribution < -0.4 is 10.1 Å². The first-order valence-electron chi connectivity index (χ1n) is 12.9. The molecule has 0 aliphatic heterocycles. The molecule has 2 amide bonds. The molecule has 0 spiro atoms. The Morgan fingerprint density at radius 3 is 2.27 bits per heavy atom. The minimum Gasteiger partial charge on any atom is -0.483 e. The highest BCUT2D eigenvalue weighted by molar-refractivity contribution is 9.10. The van der Waals surface area contributed by atoms with Crippen molar-refractivity contribution in [3.63, 3.8) is 0 Å². The number of benzene rings is 3. The summed E-state index contributed by atoms with van der Waals surface area (Å²) in [4.78, 5) is 29.0. The third kappa shape index (κ3) is 8.46. The fourth-order valence-electron chi connectivity index (χ4n) is 4.14. The largest absolute Gasteiger partial charge is 0.483 e. The molecule has 0 radical (unpaired) electrons. The maximum Gasteiger partial charge on any atom is 0.261 e. The van der Waals surface area contributed by atoms with Gasteiger partial charge in [-0.15, -0.1) is 0 Å². The number of hydrogen-bond donors (Lipinski definition) is 1. The maximum absolute atomic E-state index is 13.8. The lowest BCUT2D eigenvalue weighted by Crippen LogP contribution is -2.53. The van der Waals surface area contributed by atoms with Crippen molar-refractivity contribution in [3.05, 3.63) is 100 Å². The van der Waals surface area contributed by atoms with E-state index in [1.54, 1.807) is 4.90 Å². The fourth-order valence-corrected chi connectivity index (χ4v) is 4.59. The van der Waals surface area contributed by atoms with Gasteiger partial charge in [0.2, 0.25) is 5.91 Å². The predicted molar refractivity (Wildman–Crippen MR) is 153 cm³/mol. The van der Waals surface area contributed by atoms with E-state index in [-0.39, 0.29) is 30.4 Å². The van der Waals surface area contributed by atoms with Crippen LogP contribution in [0.25, 0.3) is 0 Å². The molecule has 3 rings (SSSR count). The summed E-state index contributed by atoms with van der Waals surface area (Å²) in [6.45, 7) is 8.33. The van der Waals surface area contributed by atoms with Crippen LogP contribution in [0.3, 0.4) is 0 Å². The molecular weight excluding hydrogens is 528 g/mol. The zero-order chi connectivity index (χ0) is 26.8. The summed E-state index contributed by atoms with van der Waals surface area (Å²) in [5.41, 5.74) is 2.97. The minimum atomic E-state index is -0.688. The lowest BCUT2D eigenvalue weighted by atomic mass is 10.0. The van der Waals surface area contributed by atoms with Crippen LogP contribution in [0.2, 0.25) is 0 Å². The maximum atomic E-state index is 13.8. The number of nitrogens with one attached hydrogen (secondary N) is 1. The van der Waals surface area contributed by atoms with E-state index in [0.29, 0.717) is 18.7 Å². The second-order valence-corrected chi connectivity index (χ2v) is 10.6. The number of para-hydroxylation sites is 1. The zero-order valence-electron chi connectivity index (χ0n) is 22.1. The molecule has 0 fully saturated rings. The van der Waals surface area contributed by atoms with Crippen molar-refractivity contribution < 1.29 is 14.3 Å². The molecule has 0 saturated carbocycles. The summed E-state index contributed by atoms with van der Waals surface area (Å²) in [5.74, 6) is 0.552. The highest BCUT2D eigenvalue weighted by Crippen LogP contribution is 2.26. The fraction of sp³-hybridized carbons (Fsp3) is 0.355. The normalized spacial score (nSPS) is 12.6. The minimum absolute atomic E-state index is 0.00256. The van der Waals surface area contributed by atoms with Gasteiger partial charge in [0, 0.05) is 23.5 Å². The Balaban J connectivity index is 1.94. The molecule has 2 atom stereocenters. The van der Waals surface area contributed by atoms with Crippen LogP contribution in [0.4, 0.5) is 0 Å². The Kier molecular flexibility index (Phi) is 10.8. The topological polar surface area (TPSA) is 58.6 Å². The van der Waals surface area contributed by atoms with Gasteiger partial charge in [0.1, 0.15) is 11.8 Å².